The van der Waals surface area contributed by atoms with E-state index >= 15 is 0 Å². The van der Waals surface area contributed by atoms with Crippen LogP contribution >= 0.6 is 0 Å². The Morgan fingerprint density at radius 2 is 2.00 bits per heavy atom. The second kappa shape index (κ2) is 4.43. The minimum Gasteiger partial charge on any atom is -0.399 e. The number of hydrogen-bond donors (Lipinski definition) is 3. The molecule has 2 rings (SSSR count). The third kappa shape index (κ3) is 2.27. The van der Waals surface area contributed by atoms with Gasteiger partial charge in [-0.05, 0) is 31.0 Å². The Morgan fingerprint density at radius 1 is 1.31 bits per heavy atom. The molecule has 0 unspecified atom stereocenters. The molecule has 16 heavy (non-hydrogen) atoms. The lowest BCUT2D eigenvalue weighted by atomic mass is 10.1. The van der Waals surface area contributed by atoms with Gasteiger partial charge in [0.25, 0.3) is 5.91 Å². The molecule has 5 N–H and O–H groups in total. The van der Waals surface area contributed by atoms with E-state index in [9.17, 15) is 4.79 Å². The number of benzene rings is 1. The summed E-state index contributed by atoms with van der Waals surface area (Å²) in [5.41, 5.74) is 12.8. The summed E-state index contributed by atoms with van der Waals surface area (Å²) in [6, 6.07) is 5.69. The lowest BCUT2D eigenvalue weighted by Gasteiger charge is -2.16. The zero-order valence-corrected chi connectivity index (χ0v) is 9.20. The van der Waals surface area contributed by atoms with Crippen LogP contribution in [-0.4, -0.2) is 11.9 Å². The molecule has 0 aromatic heterocycles. The van der Waals surface area contributed by atoms with Gasteiger partial charge in [-0.25, -0.2) is 0 Å². The third-order valence-corrected chi connectivity index (χ3v) is 3.02. The molecule has 0 spiro atoms. The molecular formula is C12H17N3O. The largest absolute Gasteiger partial charge is 0.399 e. The summed E-state index contributed by atoms with van der Waals surface area (Å²) in [5.74, 6) is -0.437. The summed E-state index contributed by atoms with van der Waals surface area (Å²) >= 11 is 0. The first-order chi connectivity index (χ1) is 7.66. The summed E-state index contributed by atoms with van der Waals surface area (Å²) in [5, 5.41) is 3.36. The Kier molecular flexibility index (Phi) is 2.99. The average Bonchev–Trinajstić information content (AvgIpc) is 2.73. The van der Waals surface area contributed by atoms with Gasteiger partial charge in [0.1, 0.15) is 0 Å². The van der Waals surface area contributed by atoms with Gasteiger partial charge in [0, 0.05) is 17.4 Å². The van der Waals surface area contributed by atoms with Crippen molar-refractivity contribution in [1.82, 2.24) is 0 Å². The number of primary amides is 1. The van der Waals surface area contributed by atoms with Crippen molar-refractivity contribution in [2.75, 3.05) is 11.1 Å². The average molecular weight is 219 g/mol. The van der Waals surface area contributed by atoms with E-state index in [2.05, 4.69) is 5.32 Å². The van der Waals surface area contributed by atoms with Crippen LogP contribution in [0.4, 0.5) is 11.4 Å². The van der Waals surface area contributed by atoms with E-state index in [1.165, 1.54) is 12.8 Å². The van der Waals surface area contributed by atoms with Gasteiger partial charge < -0.3 is 16.8 Å². The van der Waals surface area contributed by atoms with E-state index in [0.29, 0.717) is 17.3 Å². The molecule has 1 amide bonds. The Bertz CT molecular complexity index is 397. The van der Waals surface area contributed by atoms with Gasteiger partial charge in [-0.2, -0.15) is 0 Å². The monoisotopic (exact) mass is 219 g/mol. The first-order valence-corrected chi connectivity index (χ1v) is 5.62. The van der Waals surface area contributed by atoms with E-state index in [4.69, 9.17) is 11.5 Å². The molecule has 0 aliphatic heterocycles. The zero-order chi connectivity index (χ0) is 11.5. The van der Waals surface area contributed by atoms with E-state index in [-0.39, 0.29) is 0 Å². The topological polar surface area (TPSA) is 81.1 Å². The van der Waals surface area contributed by atoms with E-state index in [0.717, 1.165) is 18.5 Å². The SMILES string of the molecule is NC(=O)c1cc(N)ccc1NC1CCCC1. The highest BCUT2D eigenvalue weighted by molar-refractivity contribution is 5.99. The highest BCUT2D eigenvalue weighted by Gasteiger charge is 2.17. The molecular weight excluding hydrogens is 202 g/mol. The maximum atomic E-state index is 11.3. The van der Waals surface area contributed by atoms with Gasteiger partial charge in [-0.15, -0.1) is 0 Å². The molecule has 1 aromatic rings. The molecule has 4 nitrogen and oxygen atoms in total. The predicted molar refractivity (Wildman–Crippen MR) is 65.3 cm³/mol. The molecule has 1 aliphatic carbocycles. The Labute approximate surface area is 95.0 Å². The van der Waals surface area contributed by atoms with Crippen LogP contribution in [0.5, 0.6) is 0 Å². The van der Waals surface area contributed by atoms with Gasteiger partial charge in [-0.1, -0.05) is 12.8 Å². The second-order valence-electron chi connectivity index (χ2n) is 4.29. The molecule has 0 radical (unpaired) electrons. The lowest BCUT2D eigenvalue weighted by Crippen LogP contribution is -2.20. The van der Waals surface area contributed by atoms with Crippen molar-refractivity contribution in [3.8, 4) is 0 Å². The fourth-order valence-corrected chi connectivity index (χ4v) is 2.18. The number of carbonyl (C=O) groups excluding carboxylic acids is 1. The fraction of sp³-hybridized carbons (Fsp3) is 0.417. The molecule has 0 bridgehead atoms. The van der Waals surface area contributed by atoms with Crippen LogP contribution in [0.25, 0.3) is 0 Å². The smallest absolute Gasteiger partial charge is 0.250 e. The molecule has 4 heteroatoms. The molecule has 86 valence electrons. The van der Waals surface area contributed by atoms with Gasteiger partial charge in [0.2, 0.25) is 0 Å². The Balaban J connectivity index is 2.21. The van der Waals surface area contributed by atoms with Gasteiger partial charge >= 0.3 is 0 Å². The maximum Gasteiger partial charge on any atom is 0.250 e. The number of anilines is 2. The zero-order valence-electron chi connectivity index (χ0n) is 9.20. The van der Waals surface area contributed by atoms with Crippen LogP contribution < -0.4 is 16.8 Å². The first kappa shape index (κ1) is 10.8. The minimum absolute atomic E-state index is 0.437. The summed E-state index contributed by atoms with van der Waals surface area (Å²) in [6.45, 7) is 0. The van der Waals surface area contributed by atoms with E-state index < -0.39 is 5.91 Å². The first-order valence-electron chi connectivity index (χ1n) is 5.62. The lowest BCUT2D eigenvalue weighted by molar-refractivity contribution is 0.100. The van der Waals surface area contributed by atoms with Crippen molar-refractivity contribution in [2.45, 2.75) is 31.7 Å². The van der Waals surface area contributed by atoms with Crippen molar-refractivity contribution in [2.24, 2.45) is 5.73 Å². The summed E-state index contributed by atoms with van der Waals surface area (Å²) in [7, 11) is 0. The number of nitrogens with two attached hydrogens (primary N) is 2. The summed E-state index contributed by atoms with van der Waals surface area (Å²) in [6.07, 6.45) is 4.81. The summed E-state index contributed by atoms with van der Waals surface area (Å²) in [4.78, 5) is 11.3. The van der Waals surface area contributed by atoms with Crippen molar-refractivity contribution < 1.29 is 4.79 Å². The molecule has 1 aliphatic rings. The van der Waals surface area contributed by atoms with Crippen LogP contribution in [0, 0.1) is 0 Å². The summed E-state index contributed by atoms with van der Waals surface area (Å²) < 4.78 is 0. The molecule has 0 saturated heterocycles. The van der Waals surface area contributed by atoms with Crippen LogP contribution in [-0.2, 0) is 0 Å². The van der Waals surface area contributed by atoms with Crippen LogP contribution in [0.3, 0.4) is 0 Å². The quantitative estimate of drug-likeness (QED) is 0.677. The number of carbonyl (C=O) groups is 1. The molecule has 1 aromatic carbocycles. The number of rotatable bonds is 3. The normalized spacial score (nSPS) is 16.2. The van der Waals surface area contributed by atoms with Crippen LogP contribution in [0.15, 0.2) is 18.2 Å². The fourth-order valence-electron chi connectivity index (χ4n) is 2.18. The highest BCUT2D eigenvalue weighted by Crippen LogP contribution is 2.25. The maximum absolute atomic E-state index is 11.3. The molecule has 0 atom stereocenters. The van der Waals surface area contributed by atoms with Crippen LogP contribution in [0.2, 0.25) is 0 Å². The molecule has 1 saturated carbocycles. The molecule has 1 fully saturated rings. The number of nitrogens with one attached hydrogen (secondary N) is 1. The van der Waals surface area contributed by atoms with Gasteiger partial charge in [-0.3, -0.25) is 4.79 Å². The van der Waals surface area contributed by atoms with E-state index in [1.807, 2.05) is 6.07 Å². The van der Waals surface area contributed by atoms with Gasteiger partial charge in [0.05, 0.1) is 5.56 Å². The van der Waals surface area contributed by atoms with E-state index in [1.54, 1.807) is 12.1 Å². The number of hydrogen-bond acceptors (Lipinski definition) is 3. The standard InChI is InChI=1S/C12H17N3O/c13-8-5-6-11(10(7-8)12(14)16)15-9-3-1-2-4-9/h5-7,9,15H,1-4,13H2,(H2,14,16). The van der Waals surface area contributed by atoms with Gasteiger partial charge in [0.15, 0.2) is 0 Å². The Hall–Kier alpha value is -1.71. The second-order valence-corrected chi connectivity index (χ2v) is 4.29. The van der Waals surface area contributed by atoms with Crippen molar-refractivity contribution in [3.63, 3.8) is 0 Å². The number of amides is 1. The van der Waals surface area contributed by atoms with Crippen LogP contribution in [0.1, 0.15) is 36.0 Å². The highest BCUT2D eigenvalue weighted by atomic mass is 16.1. The predicted octanol–water partition coefficient (Wildman–Crippen LogP) is 1.72. The molecule has 0 heterocycles. The Morgan fingerprint density at radius 3 is 2.62 bits per heavy atom. The third-order valence-electron chi connectivity index (χ3n) is 3.02. The van der Waals surface area contributed by atoms with Crippen molar-refractivity contribution in [3.05, 3.63) is 23.8 Å². The van der Waals surface area contributed by atoms with Crippen molar-refractivity contribution >= 4 is 17.3 Å². The van der Waals surface area contributed by atoms with Crippen molar-refractivity contribution in [1.29, 1.82) is 0 Å². The minimum atomic E-state index is -0.437. The number of nitrogen functional groups attached to an aromatic ring is 1.